The van der Waals surface area contributed by atoms with E-state index in [4.69, 9.17) is 5.73 Å². The van der Waals surface area contributed by atoms with Gasteiger partial charge in [0.1, 0.15) is 5.82 Å². The molecule has 2 rings (SSSR count). The van der Waals surface area contributed by atoms with Crippen LogP contribution in [0.1, 0.15) is 38.2 Å². The molecule has 1 aromatic rings. The zero-order valence-corrected chi connectivity index (χ0v) is 11.9. The van der Waals surface area contributed by atoms with E-state index in [0.717, 1.165) is 37.7 Å². The van der Waals surface area contributed by atoms with Crippen LogP contribution in [0, 0.1) is 11.7 Å². The zero-order valence-electron chi connectivity index (χ0n) is 11.9. The van der Waals surface area contributed by atoms with Crippen LogP contribution in [-0.4, -0.2) is 18.0 Å². The van der Waals surface area contributed by atoms with Gasteiger partial charge in [-0.2, -0.15) is 0 Å². The summed E-state index contributed by atoms with van der Waals surface area (Å²) in [5, 5.41) is 3.05. The van der Waals surface area contributed by atoms with E-state index in [0.29, 0.717) is 0 Å². The van der Waals surface area contributed by atoms with Gasteiger partial charge in [-0.05, 0) is 56.7 Å². The van der Waals surface area contributed by atoms with Gasteiger partial charge < -0.3 is 11.1 Å². The molecule has 1 aliphatic rings. The fourth-order valence-corrected chi connectivity index (χ4v) is 2.77. The average molecular weight is 278 g/mol. The van der Waals surface area contributed by atoms with Crippen molar-refractivity contribution in [3.05, 3.63) is 35.6 Å². The van der Waals surface area contributed by atoms with Crippen LogP contribution in [0.5, 0.6) is 0 Å². The van der Waals surface area contributed by atoms with Gasteiger partial charge in [0, 0.05) is 18.0 Å². The lowest BCUT2D eigenvalue weighted by Gasteiger charge is -2.26. The number of carbonyl (C=O) groups excluding carboxylic acids is 1. The topological polar surface area (TPSA) is 55.1 Å². The SMILES string of the molecule is CC(Cc1ccc(F)cc1)NC(=O)C1CCC(N)CC1. The molecule has 0 saturated heterocycles. The van der Waals surface area contributed by atoms with Crippen LogP contribution in [0.3, 0.4) is 0 Å². The largest absolute Gasteiger partial charge is 0.353 e. The van der Waals surface area contributed by atoms with Gasteiger partial charge >= 0.3 is 0 Å². The first-order valence-electron chi connectivity index (χ1n) is 7.35. The summed E-state index contributed by atoms with van der Waals surface area (Å²) in [5.74, 6) is 0.000891. The Balaban J connectivity index is 1.80. The van der Waals surface area contributed by atoms with Gasteiger partial charge in [0.15, 0.2) is 0 Å². The highest BCUT2D eigenvalue weighted by Gasteiger charge is 2.25. The highest BCUT2D eigenvalue weighted by molar-refractivity contribution is 5.79. The molecule has 0 bridgehead atoms. The molecule has 0 aliphatic heterocycles. The quantitative estimate of drug-likeness (QED) is 0.888. The lowest BCUT2D eigenvalue weighted by atomic mass is 9.86. The molecule has 1 unspecified atom stereocenters. The molecule has 1 amide bonds. The molecular weight excluding hydrogens is 255 g/mol. The summed E-state index contributed by atoms with van der Waals surface area (Å²) in [6, 6.07) is 6.74. The van der Waals surface area contributed by atoms with E-state index in [1.54, 1.807) is 12.1 Å². The molecule has 3 nitrogen and oxygen atoms in total. The van der Waals surface area contributed by atoms with Gasteiger partial charge in [-0.3, -0.25) is 4.79 Å². The highest BCUT2D eigenvalue weighted by atomic mass is 19.1. The molecule has 0 heterocycles. The number of benzene rings is 1. The van der Waals surface area contributed by atoms with Crippen molar-refractivity contribution in [2.24, 2.45) is 11.7 Å². The molecule has 1 aliphatic carbocycles. The van der Waals surface area contributed by atoms with Crippen molar-refractivity contribution in [2.45, 2.75) is 51.1 Å². The minimum absolute atomic E-state index is 0.0589. The molecule has 0 aromatic heterocycles. The molecule has 1 atom stereocenters. The lowest BCUT2D eigenvalue weighted by molar-refractivity contribution is -0.126. The first-order chi connectivity index (χ1) is 9.54. The Hall–Kier alpha value is -1.42. The summed E-state index contributed by atoms with van der Waals surface area (Å²) in [6.45, 7) is 1.98. The molecule has 1 fully saturated rings. The average Bonchev–Trinajstić information content (AvgIpc) is 2.42. The Morgan fingerprint density at radius 3 is 2.50 bits per heavy atom. The van der Waals surface area contributed by atoms with E-state index >= 15 is 0 Å². The number of nitrogens with two attached hydrogens (primary N) is 1. The second kappa shape index (κ2) is 6.84. The molecule has 1 saturated carbocycles. The monoisotopic (exact) mass is 278 g/mol. The summed E-state index contributed by atoms with van der Waals surface area (Å²) in [5.41, 5.74) is 6.88. The van der Waals surface area contributed by atoms with Gasteiger partial charge in [-0.1, -0.05) is 12.1 Å². The third-order valence-corrected chi connectivity index (χ3v) is 3.99. The lowest BCUT2D eigenvalue weighted by Crippen LogP contribution is -2.41. The highest BCUT2D eigenvalue weighted by Crippen LogP contribution is 2.23. The van der Waals surface area contributed by atoms with E-state index in [-0.39, 0.29) is 29.7 Å². The van der Waals surface area contributed by atoms with Crippen molar-refractivity contribution >= 4 is 5.91 Å². The predicted molar refractivity (Wildman–Crippen MR) is 77.6 cm³/mol. The molecule has 0 radical (unpaired) electrons. The third-order valence-electron chi connectivity index (χ3n) is 3.99. The van der Waals surface area contributed by atoms with Gasteiger partial charge in [-0.15, -0.1) is 0 Å². The molecule has 1 aromatic carbocycles. The summed E-state index contributed by atoms with van der Waals surface area (Å²) < 4.78 is 12.8. The second-order valence-corrected chi connectivity index (χ2v) is 5.85. The number of rotatable bonds is 4. The minimum Gasteiger partial charge on any atom is -0.353 e. The Kier molecular flexibility index (Phi) is 5.12. The maximum absolute atomic E-state index is 12.8. The van der Waals surface area contributed by atoms with Crippen molar-refractivity contribution in [3.63, 3.8) is 0 Å². The number of nitrogens with one attached hydrogen (secondary N) is 1. The van der Waals surface area contributed by atoms with Crippen LogP contribution in [0.25, 0.3) is 0 Å². The summed E-state index contributed by atoms with van der Waals surface area (Å²) >= 11 is 0. The number of amides is 1. The first-order valence-corrected chi connectivity index (χ1v) is 7.35. The summed E-state index contributed by atoms with van der Waals surface area (Å²) in [4.78, 5) is 12.1. The minimum atomic E-state index is -0.232. The third kappa shape index (κ3) is 4.30. The van der Waals surface area contributed by atoms with E-state index in [1.807, 2.05) is 6.92 Å². The predicted octanol–water partition coefficient (Wildman–Crippen LogP) is 2.39. The number of hydrogen-bond donors (Lipinski definition) is 2. The molecule has 4 heteroatoms. The van der Waals surface area contributed by atoms with Crippen molar-refractivity contribution in [1.82, 2.24) is 5.32 Å². The van der Waals surface area contributed by atoms with Crippen LogP contribution in [0.2, 0.25) is 0 Å². The standard InChI is InChI=1S/C16H23FN2O/c1-11(10-12-2-6-14(17)7-3-12)19-16(20)13-4-8-15(18)9-5-13/h2-3,6-7,11,13,15H,4-5,8-10,18H2,1H3,(H,19,20). The molecular formula is C16H23FN2O. The van der Waals surface area contributed by atoms with Crippen LogP contribution in [0.15, 0.2) is 24.3 Å². The summed E-state index contributed by atoms with van der Waals surface area (Å²) in [6.07, 6.45) is 4.36. The van der Waals surface area contributed by atoms with Crippen molar-refractivity contribution < 1.29 is 9.18 Å². The molecule has 20 heavy (non-hydrogen) atoms. The second-order valence-electron chi connectivity index (χ2n) is 5.85. The van der Waals surface area contributed by atoms with Gasteiger partial charge in [0.2, 0.25) is 5.91 Å². The van der Waals surface area contributed by atoms with Crippen LogP contribution >= 0.6 is 0 Å². The zero-order chi connectivity index (χ0) is 14.5. The maximum atomic E-state index is 12.8. The van der Waals surface area contributed by atoms with E-state index in [9.17, 15) is 9.18 Å². The Morgan fingerprint density at radius 2 is 1.90 bits per heavy atom. The Bertz CT molecular complexity index is 438. The van der Waals surface area contributed by atoms with Crippen molar-refractivity contribution in [2.75, 3.05) is 0 Å². The summed E-state index contributed by atoms with van der Waals surface area (Å²) in [7, 11) is 0. The van der Waals surface area contributed by atoms with Gasteiger partial charge in [-0.25, -0.2) is 4.39 Å². The van der Waals surface area contributed by atoms with Crippen LogP contribution < -0.4 is 11.1 Å². The number of carbonyl (C=O) groups is 1. The number of halogens is 1. The first kappa shape index (κ1) is 15.0. The van der Waals surface area contributed by atoms with Crippen LogP contribution in [0.4, 0.5) is 4.39 Å². The van der Waals surface area contributed by atoms with Crippen molar-refractivity contribution in [1.29, 1.82) is 0 Å². The maximum Gasteiger partial charge on any atom is 0.223 e. The van der Waals surface area contributed by atoms with Gasteiger partial charge in [0.25, 0.3) is 0 Å². The van der Waals surface area contributed by atoms with E-state index in [1.165, 1.54) is 12.1 Å². The number of hydrogen-bond acceptors (Lipinski definition) is 2. The van der Waals surface area contributed by atoms with E-state index in [2.05, 4.69) is 5.32 Å². The van der Waals surface area contributed by atoms with E-state index < -0.39 is 0 Å². The Morgan fingerprint density at radius 1 is 1.30 bits per heavy atom. The van der Waals surface area contributed by atoms with Gasteiger partial charge in [0.05, 0.1) is 0 Å². The van der Waals surface area contributed by atoms with Crippen LogP contribution in [-0.2, 0) is 11.2 Å². The van der Waals surface area contributed by atoms with Crippen molar-refractivity contribution in [3.8, 4) is 0 Å². The normalized spacial score (nSPS) is 24.1. The molecule has 0 spiro atoms. The fourth-order valence-electron chi connectivity index (χ4n) is 2.77. The smallest absolute Gasteiger partial charge is 0.223 e. The Labute approximate surface area is 119 Å². The molecule has 3 N–H and O–H groups in total. The fraction of sp³-hybridized carbons (Fsp3) is 0.562. The molecule has 110 valence electrons.